The number of aromatic nitrogens is 7. The number of pyridine rings is 1. The minimum Gasteiger partial charge on any atom is -0.369 e. The second-order valence-corrected chi connectivity index (χ2v) is 20.7. The minimum absolute atomic E-state index is 0.0976. The van der Waals surface area contributed by atoms with E-state index in [0.29, 0.717) is 40.3 Å². The number of H-pyrrole nitrogens is 1. The van der Waals surface area contributed by atoms with Crippen molar-refractivity contribution >= 4 is 63.6 Å². The highest BCUT2D eigenvalue weighted by atomic mass is 16.2. The number of carbonyl (C=O) groups is 5. The lowest BCUT2D eigenvalue weighted by atomic mass is 9.89. The zero-order chi connectivity index (χ0) is 50.0. The first-order valence-corrected chi connectivity index (χ1v) is 25.3. The standard InChI is InChI=1S/C51H62N16O5/c1-31-29-65(42-26-34(12-15-52-42)45-39-27-35(6-9-40(39)55-56-45)53-47(70)44-32(2)60(5)50-57-58-59-67(50)51(44,3)4)25-24-63(31)21-18-61-16-13-33(14-17-61)30-62-19-22-64(23-20-62)36-7-8-37-38(28-36)49(72)66(48(37)71)41-10-11-43(68)54-46(41)69/h6-9,12,15,26-28,31,33,41H,10-11,13-14,16-25,29-30H2,1-5H3,(H,53,70)(H,55,56)(H,54,68,69)/t31-,41?/m0/s1. The van der Waals surface area contributed by atoms with Gasteiger partial charge in [-0.25, -0.2) is 9.67 Å². The third-order valence-electron chi connectivity index (χ3n) is 16.0. The van der Waals surface area contributed by atoms with Gasteiger partial charge in [-0.1, -0.05) is 5.10 Å². The van der Waals surface area contributed by atoms with E-state index < -0.39 is 29.3 Å². The summed E-state index contributed by atoms with van der Waals surface area (Å²) in [6, 6.07) is 14.7. The summed E-state index contributed by atoms with van der Waals surface area (Å²) >= 11 is 0. The Bertz CT molecular complexity index is 3000. The van der Waals surface area contributed by atoms with Crippen LogP contribution in [0.15, 0.2) is 66.0 Å². The molecular weight excluding hydrogens is 917 g/mol. The summed E-state index contributed by atoms with van der Waals surface area (Å²) < 4.78 is 1.67. The molecule has 21 nitrogen and oxygen atoms in total. The van der Waals surface area contributed by atoms with Crippen molar-refractivity contribution in [2.24, 2.45) is 5.92 Å². The van der Waals surface area contributed by atoms with Crippen LogP contribution < -0.4 is 25.3 Å². The van der Waals surface area contributed by atoms with Crippen LogP contribution in [0.1, 0.15) is 74.1 Å². The summed E-state index contributed by atoms with van der Waals surface area (Å²) in [7, 11) is 1.86. The van der Waals surface area contributed by atoms with Crippen LogP contribution >= 0.6 is 0 Å². The quantitative estimate of drug-likeness (QED) is 0.162. The molecule has 9 heterocycles. The highest BCUT2D eigenvalue weighted by molar-refractivity contribution is 6.23. The Morgan fingerprint density at radius 2 is 1.62 bits per heavy atom. The molecule has 5 amide bonds. The van der Waals surface area contributed by atoms with E-state index in [1.807, 2.05) is 69.2 Å². The predicted molar refractivity (Wildman–Crippen MR) is 270 cm³/mol. The number of fused-ring (bicyclic) bond motifs is 3. The van der Waals surface area contributed by atoms with Gasteiger partial charge in [-0.15, -0.1) is 0 Å². The van der Waals surface area contributed by atoms with Crippen molar-refractivity contribution in [3.63, 3.8) is 0 Å². The summed E-state index contributed by atoms with van der Waals surface area (Å²) in [6.07, 6.45) is 4.47. The molecular formula is C51H62N16O5. The van der Waals surface area contributed by atoms with E-state index in [-0.39, 0.29) is 24.7 Å². The van der Waals surface area contributed by atoms with Crippen LogP contribution in [0.5, 0.6) is 0 Å². The number of carbonyl (C=O) groups excluding carboxylic acids is 5. The SMILES string of the molecule is CC1=C(C(=O)Nc2ccc3[nH]nc(-c4ccnc(N5CCN(CCN6CCC(CN7CCN(c8ccc9c(c8)C(=O)N(C8CCC(=O)NC8=O)C9=O)CC7)CC6)[C@@H](C)C5)c4)c3c2)C(C)(C)n2nnnc2N1C. The fourth-order valence-electron chi connectivity index (χ4n) is 11.7. The number of hydrogen-bond donors (Lipinski definition) is 3. The van der Waals surface area contributed by atoms with E-state index in [0.717, 1.165) is 123 Å². The fraction of sp³-hybridized carbons (Fsp3) is 0.490. The number of nitrogens with zero attached hydrogens (tertiary/aromatic N) is 13. The lowest BCUT2D eigenvalue weighted by Crippen LogP contribution is -2.54. The normalized spacial score (nSPS) is 22.5. The van der Waals surface area contributed by atoms with Gasteiger partial charge in [0.25, 0.3) is 17.7 Å². The Balaban J connectivity index is 0.633. The smallest absolute Gasteiger partial charge is 0.262 e. The number of aromatic amines is 1. The van der Waals surface area contributed by atoms with Crippen LogP contribution in [0.25, 0.3) is 22.2 Å². The van der Waals surface area contributed by atoms with Gasteiger partial charge < -0.3 is 24.9 Å². The second-order valence-electron chi connectivity index (χ2n) is 20.7. The van der Waals surface area contributed by atoms with Crippen LogP contribution in [0.3, 0.4) is 0 Å². The van der Waals surface area contributed by atoms with Crippen LogP contribution in [-0.2, 0) is 19.9 Å². The number of anilines is 4. The molecule has 3 N–H and O–H groups in total. The highest BCUT2D eigenvalue weighted by Gasteiger charge is 2.45. The van der Waals surface area contributed by atoms with Crippen LogP contribution in [-0.4, -0.2) is 182 Å². The molecule has 0 spiro atoms. The topological polar surface area (TPSA) is 217 Å². The number of nitrogens with one attached hydrogen (secondary N) is 3. The Kier molecular flexibility index (Phi) is 12.3. The summed E-state index contributed by atoms with van der Waals surface area (Å²) in [6.45, 7) is 19.8. The van der Waals surface area contributed by atoms with Gasteiger partial charge in [0.05, 0.1) is 27.8 Å². The average molecular weight is 979 g/mol. The zero-order valence-corrected chi connectivity index (χ0v) is 41.6. The van der Waals surface area contributed by atoms with E-state index in [4.69, 9.17) is 10.1 Å². The van der Waals surface area contributed by atoms with Crippen LogP contribution in [0, 0.1) is 5.92 Å². The van der Waals surface area contributed by atoms with Crippen molar-refractivity contribution in [1.29, 1.82) is 0 Å². The number of amides is 5. The summed E-state index contributed by atoms with van der Waals surface area (Å²) in [5.74, 6) is 0.0144. The van der Waals surface area contributed by atoms with Gasteiger partial charge in [0, 0.05) is 119 Å². The van der Waals surface area contributed by atoms with Gasteiger partial charge in [0.15, 0.2) is 0 Å². The molecule has 0 aliphatic carbocycles. The maximum atomic E-state index is 13.9. The number of tetrazole rings is 1. The lowest BCUT2D eigenvalue weighted by Gasteiger charge is -2.42. The third-order valence-corrected chi connectivity index (χ3v) is 16.0. The van der Waals surface area contributed by atoms with Gasteiger partial charge in [-0.05, 0) is 125 Å². The summed E-state index contributed by atoms with van der Waals surface area (Å²) in [5.41, 5.74) is 5.40. The molecule has 3 aromatic heterocycles. The molecule has 5 aromatic rings. The maximum absolute atomic E-state index is 13.9. The molecule has 6 aliphatic heterocycles. The van der Waals surface area contributed by atoms with E-state index in [1.54, 1.807) is 16.8 Å². The number of benzene rings is 2. The number of allylic oxidation sites excluding steroid dienone is 1. The number of piperazine rings is 2. The molecule has 6 aliphatic rings. The summed E-state index contributed by atoms with van der Waals surface area (Å²) in [5, 5.41) is 26.4. The first kappa shape index (κ1) is 47.2. The van der Waals surface area contributed by atoms with E-state index in [1.165, 1.54) is 12.8 Å². The summed E-state index contributed by atoms with van der Waals surface area (Å²) in [4.78, 5) is 84.8. The predicted octanol–water partition coefficient (Wildman–Crippen LogP) is 3.15. The number of rotatable bonds is 11. The third kappa shape index (κ3) is 8.65. The first-order chi connectivity index (χ1) is 34.7. The molecule has 1 unspecified atom stereocenters. The molecule has 21 heteroatoms. The molecule has 11 rings (SSSR count). The fourth-order valence-corrected chi connectivity index (χ4v) is 11.7. The monoisotopic (exact) mass is 979 g/mol. The molecule has 2 aromatic carbocycles. The van der Waals surface area contributed by atoms with Gasteiger partial charge >= 0.3 is 0 Å². The van der Waals surface area contributed by atoms with Crippen molar-refractivity contribution in [2.75, 3.05) is 106 Å². The van der Waals surface area contributed by atoms with Crippen LogP contribution in [0.4, 0.5) is 23.1 Å². The number of likely N-dealkylation sites (tertiary alicyclic amines) is 1. The molecule has 4 fully saturated rings. The molecule has 72 heavy (non-hydrogen) atoms. The van der Waals surface area contributed by atoms with Crippen molar-refractivity contribution in [1.82, 2.24) is 60.3 Å². The maximum Gasteiger partial charge on any atom is 0.262 e. The molecule has 0 bridgehead atoms. The number of piperidine rings is 2. The molecule has 0 radical (unpaired) electrons. The van der Waals surface area contributed by atoms with Gasteiger partial charge in [0.1, 0.15) is 17.6 Å². The molecule has 4 saturated heterocycles. The molecule has 2 atom stereocenters. The second kappa shape index (κ2) is 18.8. The van der Waals surface area contributed by atoms with Crippen molar-refractivity contribution in [3.8, 4) is 11.3 Å². The Hall–Kier alpha value is -7.10. The average Bonchev–Trinajstić information content (AvgIpc) is 4.11. The number of hydrogen-bond acceptors (Lipinski definition) is 16. The van der Waals surface area contributed by atoms with Crippen molar-refractivity contribution in [3.05, 3.63) is 77.1 Å². The van der Waals surface area contributed by atoms with Crippen molar-refractivity contribution in [2.45, 2.75) is 71.0 Å². The number of imide groups is 2. The highest BCUT2D eigenvalue weighted by Crippen LogP contribution is 2.38. The largest absolute Gasteiger partial charge is 0.369 e. The zero-order valence-electron chi connectivity index (χ0n) is 41.6. The lowest BCUT2D eigenvalue weighted by molar-refractivity contribution is -0.136. The van der Waals surface area contributed by atoms with E-state index in [9.17, 15) is 24.0 Å². The van der Waals surface area contributed by atoms with Crippen LogP contribution in [0.2, 0.25) is 0 Å². The Morgan fingerprint density at radius 3 is 2.40 bits per heavy atom. The van der Waals surface area contributed by atoms with Gasteiger partial charge in [0.2, 0.25) is 17.8 Å². The van der Waals surface area contributed by atoms with Gasteiger partial charge in [-0.2, -0.15) is 5.10 Å². The Labute approximate surface area is 417 Å². The molecule has 376 valence electrons. The Morgan fingerprint density at radius 1 is 0.847 bits per heavy atom. The van der Waals surface area contributed by atoms with Crippen molar-refractivity contribution < 1.29 is 24.0 Å². The minimum atomic E-state index is -0.967. The first-order valence-electron chi connectivity index (χ1n) is 25.3. The van der Waals surface area contributed by atoms with Gasteiger partial charge in [-0.3, -0.25) is 49.1 Å². The molecule has 0 saturated carbocycles. The van der Waals surface area contributed by atoms with E-state index in [2.05, 4.69) is 68.7 Å². The van der Waals surface area contributed by atoms with E-state index >= 15 is 0 Å².